The normalized spacial score (nSPS) is 20.1. The van der Waals surface area contributed by atoms with Crippen molar-refractivity contribution in [1.29, 1.82) is 0 Å². The summed E-state index contributed by atoms with van der Waals surface area (Å²) in [5, 5.41) is 9.75. The lowest BCUT2D eigenvalue weighted by Gasteiger charge is -2.41. The number of esters is 1. The molecule has 0 saturated carbocycles. The van der Waals surface area contributed by atoms with E-state index in [1.165, 1.54) is 19.2 Å². The monoisotopic (exact) mass is 393 g/mol. The van der Waals surface area contributed by atoms with Crippen LogP contribution in [0, 0.1) is 0 Å². The summed E-state index contributed by atoms with van der Waals surface area (Å²) in [7, 11) is 1.32. The van der Waals surface area contributed by atoms with Gasteiger partial charge < -0.3 is 14.7 Å². The third kappa shape index (κ3) is 4.30. The van der Waals surface area contributed by atoms with E-state index in [1.807, 2.05) is 4.90 Å². The molecule has 28 heavy (non-hydrogen) atoms. The van der Waals surface area contributed by atoms with E-state index in [0.717, 1.165) is 36.2 Å². The lowest BCUT2D eigenvalue weighted by atomic mass is 9.86. The van der Waals surface area contributed by atoms with Crippen molar-refractivity contribution < 1.29 is 27.8 Å². The zero-order valence-electron chi connectivity index (χ0n) is 15.4. The number of hydrogen-bond donors (Lipinski definition) is 1. The molecule has 0 spiro atoms. The predicted molar refractivity (Wildman–Crippen MR) is 99.4 cm³/mol. The Labute approximate surface area is 161 Å². The zero-order chi connectivity index (χ0) is 20.3. The van der Waals surface area contributed by atoms with Crippen molar-refractivity contribution in [2.45, 2.75) is 31.0 Å². The van der Waals surface area contributed by atoms with E-state index >= 15 is 0 Å². The molecule has 0 aliphatic carbocycles. The van der Waals surface area contributed by atoms with Crippen LogP contribution in [0.4, 0.5) is 18.9 Å². The molecule has 2 atom stereocenters. The van der Waals surface area contributed by atoms with Gasteiger partial charge in [-0.3, -0.25) is 0 Å². The first-order chi connectivity index (χ1) is 13.3. The van der Waals surface area contributed by atoms with Gasteiger partial charge in [-0.2, -0.15) is 13.2 Å². The minimum atomic E-state index is -4.35. The van der Waals surface area contributed by atoms with E-state index in [0.29, 0.717) is 12.1 Å². The minimum Gasteiger partial charge on any atom is -0.465 e. The van der Waals surface area contributed by atoms with E-state index in [2.05, 4.69) is 0 Å². The lowest BCUT2D eigenvalue weighted by molar-refractivity contribution is -0.137. The molecule has 2 aromatic carbocycles. The molecule has 0 aromatic heterocycles. The maximum absolute atomic E-state index is 12.8. The molecule has 1 aliphatic rings. The van der Waals surface area contributed by atoms with Crippen molar-refractivity contribution in [3.05, 3.63) is 65.2 Å². The fourth-order valence-corrected chi connectivity index (χ4v) is 3.66. The number of alkyl halides is 3. The van der Waals surface area contributed by atoms with E-state index in [-0.39, 0.29) is 18.6 Å². The highest BCUT2D eigenvalue weighted by molar-refractivity contribution is 5.89. The molecule has 150 valence electrons. The van der Waals surface area contributed by atoms with E-state index in [1.54, 1.807) is 24.3 Å². The van der Waals surface area contributed by atoms with Crippen molar-refractivity contribution in [2.75, 3.05) is 25.2 Å². The van der Waals surface area contributed by atoms with Crippen LogP contribution in [0.5, 0.6) is 0 Å². The first kappa shape index (κ1) is 20.2. The van der Waals surface area contributed by atoms with Gasteiger partial charge in [0.15, 0.2) is 0 Å². The minimum absolute atomic E-state index is 0.0154. The third-order valence-electron chi connectivity index (χ3n) is 5.25. The molecule has 1 N–H and O–H groups in total. The molecule has 0 radical (unpaired) electrons. The first-order valence-corrected chi connectivity index (χ1v) is 9.06. The number of piperidine rings is 1. The van der Waals surface area contributed by atoms with Crippen molar-refractivity contribution in [2.24, 2.45) is 0 Å². The van der Waals surface area contributed by atoms with Gasteiger partial charge in [-0.1, -0.05) is 12.1 Å². The number of anilines is 1. The average Bonchev–Trinajstić information content (AvgIpc) is 2.72. The molecular weight excluding hydrogens is 371 g/mol. The molecule has 4 nitrogen and oxygen atoms in total. The van der Waals surface area contributed by atoms with Gasteiger partial charge in [-0.05, 0) is 54.8 Å². The second kappa shape index (κ2) is 8.22. The van der Waals surface area contributed by atoms with Crippen LogP contribution in [0.15, 0.2) is 48.5 Å². The summed E-state index contributed by atoms with van der Waals surface area (Å²) in [5.74, 6) is -0.364. The number of halogens is 3. The molecule has 1 heterocycles. The number of carbonyl (C=O) groups is 1. The number of nitrogens with zero attached hydrogens (tertiary/aromatic N) is 1. The number of benzene rings is 2. The number of aliphatic hydroxyl groups is 1. The SMILES string of the molecule is COC(=O)c1ccc(N2CC(c3ccc(C(F)(F)F)cc3)CC[C@H]2CO)cc1. The summed E-state index contributed by atoms with van der Waals surface area (Å²) in [6.07, 6.45) is -2.84. The second-order valence-corrected chi connectivity index (χ2v) is 6.92. The first-order valence-electron chi connectivity index (χ1n) is 9.06. The third-order valence-corrected chi connectivity index (χ3v) is 5.25. The Hall–Kier alpha value is -2.54. The van der Waals surface area contributed by atoms with Gasteiger partial charge in [0.25, 0.3) is 0 Å². The Morgan fingerprint density at radius 1 is 1.11 bits per heavy atom. The molecule has 0 amide bonds. The Bertz CT molecular complexity index is 803. The van der Waals surface area contributed by atoms with Crippen LogP contribution in [-0.2, 0) is 10.9 Å². The number of rotatable bonds is 4. The van der Waals surface area contributed by atoms with Crippen LogP contribution in [0.2, 0.25) is 0 Å². The van der Waals surface area contributed by atoms with E-state index in [4.69, 9.17) is 4.74 Å². The zero-order valence-corrected chi connectivity index (χ0v) is 15.4. The second-order valence-electron chi connectivity index (χ2n) is 6.92. The summed E-state index contributed by atoms with van der Waals surface area (Å²) in [5.41, 5.74) is 1.47. The van der Waals surface area contributed by atoms with Crippen molar-refractivity contribution in [1.82, 2.24) is 0 Å². The smallest absolute Gasteiger partial charge is 0.416 e. The number of aliphatic hydroxyl groups excluding tert-OH is 1. The Balaban J connectivity index is 1.80. The van der Waals surface area contributed by atoms with Gasteiger partial charge in [0.05, 0.1) is 30.9 Å². The summed E-state index contributed by atoms with van der Waals surface area (Å²) in [6, 6.07) is 12.1. The van der Waals surface area contributed by atoms with Crippen LogP contribution in [0.3, 0.4) is 0 Å². The van der Waals surface area contributed by atoms with Crippen LogP contribution < -0.4 is 4.90 Å². The highest BCUT2D eigenvalue weighted by Gasteiger charge is 2.32. The van der Waals surface area contributed by atoms with Crippen molar-refractivity contribution >= 4 is 11.7 Å². The average molecular weight is 393 g/mol. The topological polar surface area (TPSA) is 49.8 Å². The van der Waals surface area contributed by atoms with Gasteiger partial charge in [0.2, 0.25) is 0 Å². The lowest BCUT2D eigenvalue weighted by Crippen LogP contribution is -2.44. The number of ether oxygens (including phenoxy) is 1. The van der Waals surface area contributed by atoms with Crippen LogP contribution >= 0.6 is 0 Å². The van der Waals surface area contributed by atoms with Crippen molar-refractivity contribution in [3.63, 3.8) is 0 Å². The van der Waals surface area contributed by atoms with Crippen LogP contribution in [-0.4, -0.2) is 37.4 Å². The quantitative estimate of drug-likeness (QED) is 0.790. The van der Waals surface area contributed by atoms with Crippen LogP contribution in [0.25, 0.3) is 0 Å². The molecular formula is C21H22F3NO3. The summed E-state index contributed by atoms with van der Waals surface area (Å²) >= 11 is 0. The fourth-order valence-electron chi connectivity index (χ4n) is 3.66. The van der Waals surface area contributed by atoms with E-state index in [9.17, 15) is 23.1 Å². The number of methoxy groups -OCH3 is 1. The van der Waals surface area contributed by atoms with Gasteiger partial charge in [0.1, 0.15) is 0 Å². The standard InChI is InChI=1S/C21H22F3NO3/c1-28-20(27)15-4-9-18(10-5-15)25-12-16(6-11-19(25)13-26)14-2-7-17(8-3-14)21(22,23)24/h2-5,7-10,16,19,26H,6,11-13H2,1H3/t16?,19-/m0/s1. The molecule has 2 aromatic rings. The van der Waals surface area contributed by atoms with E-state index < -0.39 is 17.7 Å². The fraction of sp³-hybridized carbons (Fsp3) is 0.381. The number of carbonyl (C=O) groups excluding carboxylic acids is 1. The predicted octanol–water partition coefficient (Wildman–Crippen LogP) is 4.24. The molecule has 1 saturated heterocycles. The Morgan fingerprint density at radius 2 is 1.75 bits per heavy atom. The molecule has 0 bridgehead atoms. The molecule has 1 unspecified atom stereocenters. The molecule has 1 aliphatic heterocycles. The maximum atomic E-state index is 12.8. The van der Waals surface area contributed by atoms with Gasteiger partial charge in [-0.25, -0.2) is 4.79 Å². The largest absolute Gasteiger partial charge is 0.465 e. The van der Waals surface area contributed by atoms with Crippen molar-refractivity contribution in [3.8, 4) is 0 Å². The summed E-state index contributed by atoms with van der Waals surface area (Å²) in [6.45, 7) is 0.562. The van der Waals surface area contributed by atoms with Gasteiger partial charge in [0, 0.05) is 18.2 Å². The molecule has 3 rings (SSSR count). The molecule has 7 heteroatoms. The van der Waals surface area contributed by atoms with Gasteiger partial charge in [-0.15, -0.1) is 0 Å². The highest BCUT2D eigenvalue weighted by Crippen LogP contribution is 2.35. The molecule has 1 fully saturated rings. The Kier molecular flexibility index (Phi) is 5.93. The maximum Gasteiger partial charge on any atom is 0.416 e. The summed E-state index contributed by atoms with van der Waals surface area (Å²) < 4.78 is 43.1. The highest BCUT2D eigenvalue weighted by atomic mass is 19.4. The number of hydrogen-bond acceptors (Lipinski definition) is 4. The summed E-state index contributed by atoms with van der Waals surface area (Å²) in [4.78, 5) is 13.6. The van der Waals surface area contributed by atoms with Crippen LogP contribution in [0.1, 0.15) is 40.2 Å². The van der Waals surface area contributed by atoms with Gasteiger partial charge >= 0.3 is 12.1 Å². The Morgan fingerprint density at radius 3 is 2.29 bits per heavy atom.